The van der Waals surface area contributed by atoms with Crippen LogP contribution in [-0.4, -0.2) is 29.2 Å². The van der Waals surface area contributed by atoms with Crippen LogP contribution in [-0.2, 0) is 9.59 Å². The molecule has 2 rings (SSSR count). The van der Waals surface area contributed by atoms with E-state index in [-0.39, 0.29) is 5.78 Å². The minimum Gasteiger partial charge on any atom is -0.346 e. The number of hydrogen-bond acceptors (Lipinski definition) is 2. The molecule has 2 bridgehead atoms. The van der Waals surface area contributed by atoms with Crippen molar-refractivity contribution in [2.75, 3.05) is 6.54 Å². The van der Waals surface area contributed by atoms with Crippen molar-refractivity contribution in [3.63, 3.8) is 0 Å². The minimum absolute atomic E-state index is 0.0871. The maximum Gasteiger partial charge on any atom is 0.405 e. The van der Waals surface area contributed by atoms with E-state index in [1.165, 1.54) is 0 Å². The lowest BCUT2D eigenvalue weighted by Crippen LogP contribution is -2.52. The van der Waals surface area contributed by atoms with Crippen molar-refractivity contribution in [1.29, 1.82) is 0 Å². The van der Waals surface area contributed by atoms with E-state index in [0.29, 0.717) is 12.8 Å². The molecule has 2 aliphatic rings. The Kier molecular flexibility index (Phi) is 3.32. The van der Waals surface area contributed by atoms with Gasteiger partial charge in [-0.3, -0.25) is 9.59 Å². The van der Waals surface area contributed by atoms with E-state index in [2.05, 4.69) is 15.9 Å². The Bertz CT molecular complexity index is 477. The number of carbonyl (C=O) groups excluding carboxylic acids is 2. The van der Waals surface area contributed by atoms with Crippen molar-refractivity contribution in [3.8, 4) is 0 Å². The molecule has 0 saturated heterocycles. The van der Waals surface area contributed by atoms with E-state index in [9.17, 15) is 22.8 Å². The van der Waals surface area contributed by atoms with Crippen LogP contribution in [0, 0.1) is 16.2 Å². The number of Topliss-reactive ketones (excluding diaryl/α,β-unsaturated/α-hetero) is 1. The SMILES string of the molecule is CC12CCC(C(=O)NCC(F)(F)F)(C(Br)C1=O)C2(C)C. The van der Waals surface area contributed by atoms with Crippen molar-refractivity contribution >= 4 is 27.6 Å². The van der Waals surface area contributed by atoms with E-state index in [1.807, 2.05) is 5.32 Å². The smallest absolute Gasteiger partial charge is 0.346 e. The summed E-state index contributed by atoms with van der Waals surface area (Å²) >= 11 is 3.26. The van der Waals surface area contributed by atoms with Crippen LogP contribution < -0.4 is 5.32 Å². The van der Waals surface area contributed by atoms with Crippen molar-refractivity contribution in [2.45, 2.75) is 44.6 Å². The maximum absolute atomic E-state index is 12.4. The maximum atomic E-state index is 12.4. The molecule has 0 spiro atoms. The lowest BCUT2D eigenvalue weighted by atomic mass is 9.64. The zero-order valence-electron chi connectivity index (χ0n) is 11.5. The normalized spacial score (nSPS) is 39.1. The van der Waals surface area contributed by atoms with Crippen LogP contribution in [0.1, 0.15) is 33.6 Å². The summed E-state index contributed by atoms with van der Waals surface area (Å²) < 4.78 is 36.9. The fraction of sp³-hybridized carbons (Fsp3) is 0.846. The molecule has 20 heavy (non-hydrogen) atoms. The molecule has 2 fully saturated rings. The van der Waals surface area contributed by atoms with Crippen LogP contribution >= 0.6 is 15.9 Å². The lowest BCUT2D eigenvalue weighted by Gasteiger charge is -2.39. The number of nitrogens with one attached hydrogen (secondary N) is 1. The van der Waals surface area contributed by atoms with E-state index in [4.69, 9.17) is 0 Å². The largest absolute Gasteiger partial charge is 0.405 e. The van der Waals surface area contributed by atoms with Gasteiger partial charge in [0.25, 0.3) is 0 Å². The number of alkyl halides is 4. The van der Waals surface area contributed by atoms with Crippen LogP contribution in [0.15, 0.2) is 0 Å². The van der Waals surface area contributed by atoms with Gasteiger partial charge in [0.05, 0.1) is 10.2 Å². The summed E-state index contributed by atoms with van der Waals surface area (Å²) in [5.74, 6) is -0.771. The average molecular weight is 356 g/mol. The summed E-state index contributed by atoms with van der Waals surface area (Å²) in [6.45, 7) is 4.03. The van der Waals surface area contributed by atoms with Gasteiger partial charge in [0.1, 0.15) is 6.54 Å². The zero-order valence-corrected chi connectivity index (χ0v) is 13.1. The third-order valence-corrected chi connectivity index (χ3v) is 6.77. The van der Waals surface area contributed by atoms with E-state index >= 15 is 0 Å². The van der Waals surface area contributed by atoms with Crippen molar-refractivity contribution in [2.24, 2.45) is 16.2 Å². The molecule has 1 amide bonds. The molecule has 0 aromatic rings. The predicted molar refractivity (Wildman–Crippen MR) is 70.3 cm³/mol. The van der Waals surface area contributed by atoms with Gasteiger partial charge in [0, 0.05) is 5.41 Å². The molecule has 3 nitrogen and oxygen atoms in total. The van der Waals surface area contributed by atoms with E-state index < -0.39 is 39.7 Å². The van der Waals surface area contributed by atoms with Gasteiger partial charge in [-0.05, 0) is 18.3 Å². The molecule has 0 radical (unpaired) electrons. The topological polar surface area (TPSA) is 46.2 Å². The van der Waals surface area contributed by atoms with Crippen LogP contribution in [0.25, 0.3) is 0 Å². The van der Waals surface area contributed by atoms with Crippen LogP contribution in [0.3, 0.4) is 0 Å². The highest BCUT2D eigenvalue weighted by atomic mass is 79.9. The number of ketones is 1. The first-order valence-electron chi connectivity index (χ1n) is 6.43. The third-order valence-electron chi connectivity index (χ3n) is 5.58. The van der Waals surface area contributed by atoms with Gasteiger partial charge >= 0.3 is 6.18 Å². The number of halogens is 4. The molecule has 114 valence electrons. The van der Waals surface area contributed by atoms with Crippen molar-refractivity contribution < 1.29 is 22.8 Å². The Morgan fingerprint density at radius 3 is 2.30 bits per heavy atom. The number of hydrogen-bond donors (Lipinski definition) is 1. The lowest BCUT2D eigenvalue weighted by molar-refractivity contribution is -0.148. The highest BCUT2D eigenvalue weighted by molar-refractivity contribution is 9.10. The van der Waals surface area contributed by atoms with Gasteiger partial charge in [-0.25, -0.2) is 0 Å². The first-order chi connectivity index (χ1) is 8.90. The summed E-state index contributed by atoms with van der Waals surface area (Å²) in [6.07, 6.45) is -3.51. The molecule has 3 unspecified atom stereocenters. The second kappa shape index (κ2) is 4.21. The second-order valence-electron chi connectivity index (χ2n) is 6.45. The van der Waals surface area contributed by atoms with Crippen LogP contribution in [0.5, 0.6) is 0 Å². The predicted octanol–water partition coefficient (Wildman–Crippen LogP) is 2.82. The number of amides is 1. The van der Waals surface area contributed by atoms with Crippen molar-refractivity contribution in [3.05, 3.63) is 0 Å². The fourth-order valence-electron chi connectivity index (χ4n) is 3.79. The first kappa shape index (κ1) is 15.8. The molecule has 1 N–H and O–H groups in total. The quantitative estimate of drug-likeness (QED) is 0.774. The summed E-state index contributed by atoms with van der Waals surface area (Å²) in [6, 6.07) is 0. The summed E-state index contributed by atoms with van der Waals surface area (Å²) in [7, 11) is 0. The van der Waals surface area contributed by atoms with Gasteiger partial charge in [-0.2, -0.15) is 13.2 Å². The number of fused-ring (bicyclic) bond motifs is 2. The molecule has 2 saturated carbocycles. The Morgan fingerprint density at radius 2 is 1.90 bits per heavy atom. The molecule has 0 aromatic carbocycles. The Hall–Kier alpha value is -0.590. The minimum atomic E-state index is -4.46. The van der Waals surface area contributed by atoms with Gasteiger partial charge in [-0.1, -0.05) is 36.7 Å². The summed E-state index contributed by atoms with van der Waals surface area (Å²) in [5.41, 5.74) is -2.46. The highest BCUT2D eigenvalue weighted by Crippen LogP contribution is 2.72. The molecule has 0 heterocycles. The Labute approximate surface area is 123 Å². The monoisotopic (exact) mass is 355 g/mol. The van der Waals surface area contributed by atoms with Gasteiger partial charge in [0.15, 0.2) is 5.78 Å². The number of carbonyl (C=O) groups is 2. The van der Waals surface area contributed by atoms with Crippen LogP contribution in [0.4, 0.5) is 13.2 Å². The summed E-state index contributed by atoms with van der Waals surface area (Å²) in [5, 5.41) is 1.96. The summed E-state index contributed by atoms with van der Waals surface area (Å²) in [4.78, 5) is 24.0. The van der Waals surface area contributed by atoms with Gasteiger partial charge in [0.2, 0.25) is 5.91 Å². The molecule has 7 heteroatoms. The third kappa shape index (κ3) is 1.71. The highest BCUT2D eigenvalue weighted by Gasteiger charge is 2.76. The fourth-order valence-corrected chi connectivity index (χ4v) is 5.31. The molecule has 0 aliphatic heterocycles. The first-order valence-corrected chi connectivity index (χ1v) is 7.35. The number of rotatable bonds is 2. The Morgan fingerprint density at radius 1 is 1.35 bits per heavy atom. The zero-order chi connectivity index (χ0) is 15.6. The molecule has 2 aliphatic carbocycles. The average Bonchev–Trinajstić information content (AvgIpc) is 2.58. The standard InChI is InChI=1S/C13H17BrF3NO2/c1-10(2)11(3)4-5-12(10,7(14)8(11)19)9(20)18-6-13(15,16)17/h7H,4-6H2,1-3H3,(H,18,20). The molecule has 3 atom stereocenters. The second-order valence-corrected chi connectivity index (χ2v) is 7.37. The molecular weight excluding hydrogens is 339 g/mol. The van der Waals surface area contributed by atoms with Crippen LogP contribution in [0.2, 0.25) is 0 Å². The molecular formula is C13H17BrF3NO2. The van der Waals surface area contributed by atoms with Gasteiger partial charge in [-0.15, -0.1) is 0 Å². The van der Waals surface area contributed by atoms with E-state index in [1.54, 1.807) is 20.8 Å². The molecule has 0 aromatic heterocycles. The van der Waals surface area contributed by atoms with E-state index in [0.717, 1.165) is 0 Å². The Balaban J connectivity index is 2.34. The van der Waals surface area contributed by atoms with Crippen molar-refractivity contribution in [1.82, 2.24) is 5.32 Å². The van der Waals surface area contributed by atoms with Gasteiger partial charge < -0.3 is 5.32 Å².